The van der Waals surface area contributed by atoms with Crippen molar-refractivity contribution in [2.75, 3.05) is 27.9 Å². The molecular weight excluding hydrogens is 635 g/mol. The lowest BCUT2D eigenvalue weighted by atomic mass is 10.0. The van der Waals surface area contributed by atoms with Gasteiger partial charge < -0.3 is 43.0 Å². The van der Waals surface area contributed by atoms with Crippen LogP contribution in [0.25, 0.3) is 0 Å². The predicted octanol–water partition coefficient (Wildman–Crippen LogP) is 5.72. The summed E-state index contributed by atoms with van der Waals surface area (Å²) >= 11 is 2.88. The Morgan fingerprint density at radius 3 is 2.15 bits per heavy atom. The van der Waals surface area contributed by atoms with E-state index in [-0.39, 0.29) is 6.10 Å². The zero-order valence-corrected chi connectivity index (χ0v) is 29.2. The molecule has 0 radical (unpaired) electrons. The predicted molar refractivity (Wildman–Crippen MR) is 176 cm³/mol. The average Bonchev–Trinajstić information content (AvgIpc) is 3.05. The lowest BCUT2D eigenvalue weighted by Crippen LogP contribution is -2.58. The van der Waals surface area contributed by atoms with Crippen molar-refractivity contribution >= 4 is 23.5 Å². The minimum Gasteiger partial charge on any atom is -0.385 e. The van der Waals surface area contributed by atoms with Gasteiger partial charge in [0.15, 0.2) is 12.6 Å². The fraction of sp³-hybridized carbons (Fsp3) is 0.647. The third-order valence-electron chi connectivity index (χ3n) is 8.21. The fourth-order valence-electron chi connectivity index (χ4n) is 5.90. The third-order valence-corrected chi connectivity index (χ3v) is 10.8. The van der Waals surface area contributed by atoms with Gasteiger partial charge in [0.25, 0.3) is 0 Å². The van der Waals surface area contributed by atoms with Crippen molar-refractivity contribution in [2.45, 2.75) is 122 Å². The molecule has 2 heterocycles. The number of methoxy groups -OCH3 is 3. The van der Waals surface area contributed by atoms with Gasteiger partial charge in [0.05, 0.1) is 34.9 Å². The highest BCUT2D eigenvalue weighted by Gasteiger charge is 2.49. The van der Waals surface area contributed by atoms with Crippen LogP contribution in [0.3, 0.4) is 0 Å². The van der Waals surface area contributed by atoms with Gasteiger partial charge in [0, 0.05) is 44.1 Å². The Bertz CT molecular complexity index is 1140. The second-order valence-electron chi connectivity index (χ2n) is 11.5. The van der Waals surface area contributed by atoms with Crippen LogP contribution in [0.5, 0.6) is 0 Å². The molecule has 4 rings (SSSR count). The Morgan fingerprint density at radius 2 is 1.57 bits per heavy atom. The molecule has 13 unspecified atom stereocenters. The van der Waals surface area contributed by atoms with Gasteiger partial charge in [-0.3, -0.25) is 0 Å². The van der Waals surface area contributed by atoms with Crippen LogP contribution >= 0.6 is 23.5 Å². The van der Waals surface area contributed by atoms with Crippen molar-refractivity contribution in [2.24, 2.45) is 0 Å². The van der Waals surface area contributed by atoms with E-state index in [1.807, 2.05) is 81.4 Å². The SMILES string of the molecule is CCOC(OC1C(C)OC(F)C(Sc2ccccc2)C1OC)C(Sc1ccccc1)C(OC)C(C)OC1OC(C)CC(OC)C1O. The summed E-state index contributed by atoms with van der Waals surface area (Å²) in [5.74, 6) is 0. The molecule has 0 saturated carbocycles. The Kier molecular flexibility index (Phi) is 15.1. The summed E-state index contributed by atoms with van der Waals surface area (Å²) in [7, 11) is 4.74. The number of rotatable bonds is 16. The first kappa shape index (κ1) is 37.5. The minimum absolute atomic E-state index is 0.166. The molecule has 2 fully saturated rings. The molecule has 1 N–H and O–H groups in total. The third kappa shape index (κ3) is 9.66. The van der Waals surface area contributed by atoms with Gasteiger partial charge in [-0.1, -0.05) is 36.4 Å². The number of ether oxygens (including phenoxy) is 8. The molecule has 12 heteroatoms. The lowest BCUT2D eigenvalue weighted by molar-refractivity contribution is -0.293. The number of benzene rings is 2. The van der Waals surface area contributed by atoms with Crippen molar-refractivity contribution in [3.05, 3.63) is 60.7 Å². The van der Waals surface area contributed by atoms with Crippen LogP contribution in [0.2, 0.25) is 0 Å². The van der Waals surface area contributed by atoms with Gasteiger partial charge in [-0.25, -0.2) is 4.39 Å². The highest BCUT2D eigenvalue weighted by molar-refractivity contribution is 8.00. The van der Waals surface area contributed by atoms with Crippen LogP contribution in [0.1, 0.15) is 34.1 Å². The van der Waals surface area contributed by atoms with E-state index in [9.17, 15) is 5.11 Å². The van der Waals surface area contributed by atoms with Crippen LogP contribution in [-0.2, 0) is 37.9 Å². The van der Waals surface area contributed by atoms with Crippen LogP contribution < -0.4 is 0 Å². The molecule has 2 saturated heterocycles. The number of aliphatic hydroxyl groups excluding tert-OH is 1. The first-order chi connectivity index (χ1) is 22.2. The van der Waals surface area contributed by atoms with Gasteiger partial charge in [-0.05, 0) is 52.0 Å². The van der Waals surface area contributed by atoms with Gasteiger partial charge >= 0.3 is 0 Å². The van der Waals surface area contributed by atoms with Crippen LogP contribution in [0.4, 0.5) is 4.39 Å². The topological polar surface area (TPSA) is 94.1 Å². The summed E-state index contributed by atoms with van der Waals surface area (Å²) in [5, 5.41) is 9.78. The number of halogens is 1. The summed E-state index contributed by atoms with van der Waals surface area (Å²) in [6.45, 7) is 7.81. The smallest absolute Gasteiger partial charge is 0.214 e. The van der Waals surface area contributed by atoms with Gasteiger partial charge in [-0.2, -0.15) is 0 Å². The van der Waals surface area contributed by atoms with Crippen molar-refractivity contribution in [3.63, 3.8) is 0 Å². The molecule has 0 bridgehead atoms. The van der Waals surface area contributed by atoms with E-state index in [1.54, 1.807) is 28.3 Å². The number of alkyl halides is 1. The summed E-state index contributed by atoms with van der Waals surface area (Å²) in [6, 6.07) is 19.5. The van der Waals surface area contributed by atoms with E-state index in [4.69, 9.17) is 37.9 Å². The monoisotopic (exact) mass is 684 g/mol. The first-order valence-corrected chi connectivity index (χ1v) is 17.5. The molecule has 2 aromatic carbocycles. The van der Waals surface area contributed by atoms with E-state index in [2.05, 4.69) is 0 Å². The summed E-state index contributed by atoms with van der Waals surface area (Å²) in [5.41, 5.74) is 0. The molecule has 13 atom stereocenters. The zero-order chi connectivity index (χ0) is 33.2. The highest BCUT2D eigenvalue weighted by atomic mass is 32.2. The number of aliphatic hydroxyl groups is 1. The van der Waals surface area contributed by atoms with Gasteiger partial charge in [0.1, 0.15) is 24.4 Å². The largest absolute Gasteiger partial charge is 0.385 e. The van der Waals surface area contributed by atoms with Crippen molar-refractivity contribution in [1.29, 1.82) is 0 Å². The molecule has 46 heavy (non-hydrogen) atoms. The maximum Gasteiger partial charge on any atom is 0.214 e. The second-order valence-corrected chi connectivity index (χ2v) is 14.0. The normalized spacial score (nSPS) is 32.8. The molecular formula is C34H49FO9S2. The Balaban J connectivity index is 1.62. The van der Waals surface area contributed by atoms with Crippen LogP contribution in [0.15, 0.2) is 70.5 Å². The Hall–Kier alpha value is -1.29. The number of hydrogen-bond donors (Lipinski definition) is 1. The van der Waals surface area contributed by atoms with Crippen molar-refractivity contribution in [1.82, 2.24) is 0 Å². The summed E-state index contributed by atoms with van der Waals surface area (Å²) < 4.78 is 64.3. The van der Waals surface area contributed by atoms with Crippen LogP contribution in [-0.4, -0.2) is 111 Å². The molecule has 0 aromatic heterocycles. The van der Waals surface area contributed by atoms with E-state index in [1.165, 1.54) is 23.5 Å². The van der Waals surface area contributed by atoms with Gasteiger partial charge in [0.2, 0.25) is 6.36 Å². The maximum atomic E-state index is 15.5. The lowest BCUT2D eigenvalue weighted by Gasteiger charge is -2.45. The standard InChI is InChI=1S/C34H49FO9S2/c1-8-40-34(44-27-21(3)42-32(35)30(29(27)39-7)45-23-15-11-9-12-16-23)31(46-24-17-13-10-14-18-24)28(38-6)22(4)43-33-26(36)25(37-5)19-20(2)41-33/h9-18,20-22,25-34,36H,8,19H2,1-7H3. The van der Waals surface area contributed by atoms with Gasteiger partial charge in [-0.15, -0.1) is 23.5 Å². The molecule has 9 nitrogen and oxygen atoms in total. The zero-order valence-electron chi connectivity index (χ0n) is 27.6. The summed E-state index contributed by atoms with van der Waals surface area (Å²) in [6.07, 6.45) is -7.47. The van der Waals surface area contributed by atoms with Crippen molar-refractivity contribution in [3.8, 4) is 0 Å². The van der Waals surface area contributed by atoms with E-state index in [0.717, 1.165) is 9.79 Å². The van der Waals surface area contributed by atoms with Crippen molar-refractivity contribution < 1.29 is 47.4 Å². The highest BCUT2D eigenvalue weighted by Crippen LogP contribution is 2.40. The van der Waals surface area contributed by atoms with E-state index >= 15 is 4.39 Å². The first-order valence-electron chi connectivity index (χ1n) is 15.8. The fourth-order valence-corrected chi connectivity index (χ4v) is 8.45. The molecule has 0 amide bonds. The van der Waals surface area contributed by atoms with E-state index < -0.39 is 72.2 Å². The van der Waals surface area contributed by atoms with E-state index in [0.29, 0.717) is 13.0 Å². The Morgan fingerprint density at radius 1 is 0.913 bits per heavy atom. The Labute approximate surface area is 281 Å². The average molecular weight is 685 g/mol. The second kappa shape index (κ2) is 18.5. The molecule has 2 aromatic rings. The summed E-state index contributed by atoms with van der Waals surface area (Å²) in [4.78, 5) is 1.87. The minimum atomic E-state index is -1.56. The van der Waals surface area contributed by atoms with Crippen LogP contribution in [0, 0.1) is 0 Å². The maximum absolute atomic E-state index is 15.5. The molecule has 2 aliphatic heterocycles. The quantitative estimate of drug-likeness (QED) is 0.174. The molecule has 258 valence electrons. The molecule has 2 aliphatic rings. The molecule has 0 aliphatic carbocycles. The number of thioether (sulfide) groups is 2. The molecule has 0 spiro atoms. The number of hydrogen-bond acceptors (Lipinski definition) is 11.